The van der Waals surface area contributed by atoms with Crippen molar-refractivity contribution in [2.75, 3.05) is 31.2 Å². The van der Waals surface area contributed by atoms with Gasteiger partial charge in [-0.15, -0.1) is 0 Å². The summed E-state index contributed by atoms with van der Waals surface area (Å²) in [5.74, 6) is -0.872. The zero-order chi connectivity index (χ0) is 29.0. The molecule has 0 N–H and O–H groups in total. The van der Waals surface area contributed by atoms with Crippen LogP contribution in [0.3, 0.4) is 0 Å². The Bertz CT molecular complexity index is 967. The third kappa shape index (κ3) is 9.40. The van der Waals surface area contributed by atoms with Crippen LogP contribution in [0.4, 0.5) is 5.69 Å². The molecule has 38 heavy (non-hydrogen) atoms. The Balaban J connectivity index is 2.13. The minimum atomic E-state index is -1.82. The molecule has 1 aromatic rings. The van der Waals surface area contributed by atoms with Crippen LogP contribution >= 0.6 is 0 Å². The predicted molar refractivity (Wildman–Crippen MR) is 163 cm³/mol. The van der Waals surface area contributed by atoms with Crippen LogP contribution in [0.25, 0.3) is 6.08 Å². The highest BCUT2D eigenvalue weighted by Gasteiger charge is 2.38. The molecule has 1 aromatic carbocycles. The van der Waals surface area contributed by atoms with Crippen molar-refractivity contribution in [1.82, 2.24) is 0 Å². The van der Waals surface area contributed by atoms with Crippen molar-refractivity contribution in [1.29, 1.82) is 0 Å². The molecule has 0 aliphatic carbocycles. The van der Waals surface area contributed by atoms with Gasteiger partial charge in [-0.25, -0.2) is 4.79 Å². The lowest BCUT2D eigenvalue weighted by Crippen LogP contribution is -2.44. The first-order valence-electron chi connectivity index (χ1n) is 13.7. The number of hydrogen-bond donors (Lipinski definition) is 0. The van der Waals surface area contributed by atoms with E-state index in [9.17, 15) is 4.79 Å². The van der Waals surface area contributed by atoms with Gasteiger partial charge in [-0.2, -0.15) is 0 Å². The van der Waals surface area contributed by atoms with E-state index in [1.165, 1.54) is 6.08 Å². The Hall–Kier alpha value is -1.88. The molecule has 0 saturated carbocycles. The number of anilines is 1. The summed E-state index contributed by atoms with van der Waals surface area (Å²) in [6.07, 6.45) is 5.10. The van der Waals surface area contributed by atoms with E-state index in [1.54, 1.807) is 19.9 Å². The summed E-state index contributed by atoms with van der Waals surface area (Å²) >= 11 is 0. The quantitative estimate of drug-likeness (QED) is 0.203. The summed E-state index contributed by atoms with van der Waals surface area (Å²) in [6, 6.07) is 8.42. The Labute approximate surface area is 233 Å². The molecule has 1 heterocycles. The Morgan fingerprint density at radius 2 is 1.29 bits per heavy atom. The zero-order valence-corrected chi connectivity index (χ0v) is 27.9. The van der Waals surface area contributed by atoms with Crippen molar-refractivity contribution in [2.45, 2.75) is 97.4 Å². The molecule has 1 aliphatic heterocycles. The largest absolute Gasteiger partial charge is 0.453 e. The van der Waals surface area contributed by atoms with Crippen LogP contribution in [0.15, 0.2) is 42.2 Å². The number of nitrogens with zero attached hydrogens (tertiary/aromatic N) is 1. The summed E-state index contributed by atoms with van der Waals surface area (Å²) in [4.78, 5) is 14.2. The van der Waals surface area contributed by atoms with E-state index in [2.05, 4.69) is 96.9 Å². The van der Waals surface area contributed by atoms with E-state index in [0.29, 0.717) is 19.0 Å². The standard InChI is InChI=1S/C30H51NO5Si2/c1-28(2,3)37(9,10)33-21-19-31(20-22-34-38(11,12)29(4,5)6)25-16-13-24(14-17-25)15-18-26-23-27(32)36-30(7,8)35-26/h13-18,23H,19-22H2,1-12H3/b18-15+. The summed E-state index contributed by atoms with van der Waals surface area (Å²) in [6.45, 7) is 29.3. The number of allylic oxidation sites excluding steroid dienone is 1. The van der Waals surface area contributed by atoms with Crippen LogP contribution < -0.4 is 4.90 Å². The third-order valence-corrected chi connectivity index (χ3v) is 17.0. The first-order valence-corrected chi connectivity index (χ1v) is 19.5. The molecule has 0 fully saturated rings. The fourth-order valence-corrected chi connectivity index (χ4v) is 5.47. The van der Waals surface area contributed by atoms with E-state index in [1.807, 2.05) is 6.08 Å². The minimum Gasteiger partial charge on any atom is -0.453 e. The van der Waals surface area contributed by atoms with Gasteiger partial charge in [0, 0.05) is 32.6 Å². The molecule has 0 unspecified atom stereocenters. The number of rotatable bonds is 11. The van der Waals surface area contributed by atoms with Gasteiger partial charge in [0.2, 0.25) is 5.79 Å². The molecule has 0 amide bonds. The lowest BCUT2D eigenvalue weighted by molar-refractivity contribution is -0.203. The van der Waals surface area contributed by atoms with E-state index < -0.39 is 28.4 Å². The van der Waals surface area contributed by atoms with Gasteiger partial charge in [0.25, 0.3) is 0 Å². The molecule has 0 bridgehead atoms. The molecular formula is C30H51NO5Si2. The summed E-state index contributed by atoms with van der Waals surface area (Å²) in [5.41, 5.74) is 2.16. The lowest BCUT2D eigenvalue weighted by atomic mass is 10.1. The van der Waals surface area contributed by atoms with Gasteiger partial charge in [0.1, 0.15) is 5.76 Å². The number of carbonyl (C=O) groups is 1. The summed E-state index contributed by atoms with van der Waals surface area (Å²) in [7, 11) is -3.64. The van der Waals surface area contributed by atoms with Crippen LogP contribution in [0.2, 0.25) is 36.3 Å². The van der Waals surface area contributed by atoms with Crippen molar-refractivity contribution < 1.29 is 23.1 Å². The number of carbonyl (C=O) groups excluding carboxylic acids is 1. The van der Waals surface area contributed by atoms with E-state index in [4.69, 9.17) is 18.3 Å². The highest BCUT2D eigenvalue weighted by atomic mass is 28.4. The van der Waals surface area contributed by atoms with Crippen LogP contribution in [0.5, 0.6) is 0 Å². The second kappa shape index (κ2) is 12.1. The van der Waals surface area contributed by atoms with E-state index >= 15 is 0 Å². The van der Waals surface area contributed by atoms with E-state index in [-0.39, 0.29) is 10.1 Å². The number of ether oxygens (including phenoxy) is 2. The second-order valence-corrected chi connectivity index (χ2v) is 23.2. The maximum absolute atomic E-state index is 11.8. The van der Waals surface area contributed by atoms with Crippen molar-refractivity contribution in [3.63, 3.8) is 0 Å². The lowest BCUT2D eigenvalue weighted by Gasteiger charge is -2.38. The molecule has 6 nitrogen and oxygen atoms in total. The minimum absolute atomic E-state index is 0.181. The number of esters is 1. The van der Waals surface area contributed by atoms with Gasteiger partial charge in [0.05, 0.1) is 19.3 Å². The normalized spacial score (nSPS) is 16.7. The van der Waals surface area contributed by atoms with Crippen molar-refractivity contribution in [3.8, 4) is 0 Å². The average molecular weight is 562 g/mol. The topological polar surface area (TPSA) is 57.2 Å². The van der Waals surface area contributed by atoms with Gasteiger partial charge in [-0.3, -0.25) is 0 Å². The predicted octanol–water partition coefficient (Wildman–Crippen LogP) is 7.74. The first-order chi connectivity index (χ1) is 17.2. The maximum atomic E-state index is 11.8. The fraction of sp³-hybridized carbons (Fsp3) is 0.633. The highest BCUT2D eigenvalue weighted by molar-refractivity contribution is 6.74. The highest BCUT2D eigenvalue weighted by Crippen LogP contribution is 2.37. The molecule has 2 rings (SSSR count). The molecule has 0 radical (unpaired) electrons. The van der Waals surface area contributed by atoms with Crippen molar-refractivity contribution >= 4 is 34.4 Å². The van der Waals surface area contributed by atoms with E-state index in [0.717, 1.165) is 24.3 Å². The van der Waals surface area contributed by atoms with Crippen molar-refractivity contribution in [2.24, 2.45) is 0 Å². The Morgan fingerprint density at radius 3 is 1.71 bits per heavy atom. The third-order valence-electron chi connectivity index (χ3n) is 7.93. The molecule has 8 heteroatoms. The molecule has 0 atom stereocenters. The molecule has 1 aliphatic rings. The maximum Gasteiger partial charge on any atom is 0.337 e. The fourth-order valence-electron chi connectivity index (χ4n) is 3.40. The molecule has 0 spiro atoms. The smallest absolute Gasteiger partial charge is 0.337 e. The molecule has 0 aromatic heterocycles. The monoisotopic (exact) mass is 561 g/mol. The van der Waals surface area contributed by atoms with Crippen LogP contribution in [0.1, 0.15) is 61.0 Å². The van der Waals surface area contributed by atoms with Gasteiger partial charge in [0.15, 0.2) is 16.6 Å². The molecule has 214 valence electrons. The first kappa shape index (κ1) is 32.3. The SMILES string of the molecule is CC1(C)OC(=O)C=C(/C=C/c2ccc(N(CCO[Si](C)(C)C(C)(C)C)CCO[Si](C)(C)C(C)(C)C)cc2)O1. The number of cyclic esters (lactones) is 1. The number of hydrogen-bond acceptors (Lipinski definition) is 6. The van der Waals surface area contributed by atoms with Gasteiger partial charge >= 0.3 is 5.97 Å². The van der Waals surface area contributed by atoms with Gasteiger partial charge < -0.3 is 23.2 Å². The average Bonchev–Trinajstić information content (AvgIpc) is 2.74. The second-order valence-electron chi connectivity index (χ2n) is 13.6. The zero-order valence-electron chi connectivity index (χ0n) is 25.9. The van der Waals surface area contributed by atoms with Crippen LogP contribution in [0, 0.1) is 0 Å². The summed E-state index contributed by atoms with van der Waals surface area (Å²) in [5, 5.41) is 0.362. The Kier molecular flexibility index (Phi) is 10.3. The van der Waals surface area contributed by atoms with Crippen LogP contribution in [-0.2, 0) is 23.1 Å². The molecule has 0 saturated heterocycles. The Morgan fingerprint density at radius 1 is 0.816 bits per heavy atom. The van der Waals surface area contributed by atoms with Crippen molar-refractivity contribution in [3.05, 3.63) is 47.7 Å². The van der Waals surface area contributed by atoms with Crippen LogP contribution in [-0.4, -0.2) is 54.7 Å². The number of benzene rings is 1. The van der Waals surface area contributed by atoms with Gasteiger partial charge in [-0.1, -0.05) is 59.8 Å². The summed E-state index contributed by atoms with van der Waals surface area (Å²) < 4.78 is 23.9. The molecular weight excluding hydrogens is 511 g/mol. The van der Waals surface area contributed by atoms with Gasteiger partial charge in [-0.05, 0) is 60.0 Å².